The van der Waals surface area contributed by atoms with Crippen molar-refractivity contribution in [1.82, 2.24) is 9.80 Å². The fourth-order valence-corrected chi connectivity index (χ4v) is 3.94. The number of aryl methyl sites for hydroxylation is 1. The summed E-state index contributed by atoms with van der Waals surface area (Å²) in [6, 6.07) is 8.11. The van der Waals surface area contributed by atoms with Crippen molar-refractivity contribution >= 4 is 17.9 Å². The first-order valence-electron chi connectivity index (χ1n) is 9.96. The van der Waals surface area contributed by atoms with E-state index in [4.69, 9.17) is 0 Å². The minimum Gasteiger partial charge on any atom is -0.342 e. The van der Waals surface area contributed by atoms with E-state index in [0.717, 1.165) is 44.3 Å². The van der Waals surface area contributed by atoms with Gasteiger partial charge in [0.05, 0.1) is 0 Å². The molecule has 2 fully saturated rings. The van der Waals surface area contributed by atoms with Crippen molar-refractivity contribution in [2.75, 3.05) is 26.2 Å². The number of carbonyl (C=O) groups is 2. The molecule has 2 aliphatic rings. The Morgan fingerprint density at radius 2 is 1.65 bits per heavy atom. The Hall–Kier alpha value is -2.10. The molecule has 0 radical (unpaired) electrons. The van der Waals surface area contributed by atoms with E-state index in [0.29, 0.717) is 19.0 Å². The largest absolute Gasteiger partial charge is 0.342 e. The summed E-state index contributed by atoms with van der Waals surface area (Å²) in [6.07, 6.45) is 9.86. The number of piperidine rings is 1. The molecule has 2 heterocycles. The van der Waals surface area contributed by atoms with E-state index in [1.54, 1.807) is 6.08 Å². The molecule has 0 saturated carbocycles. The maximum Gasteiger partial charge on any atom is 0.246 e. The predicted molar refractivity (Wildman–Crippen MR) is 105 cm³/mol. The summed E-state index contributed by atoms with van der Waals surface area (Å²) in [5.41, 5.74) is 2.23. The number of hydrogen-bond donors (Lipinski definition) is 0. The number of amides is 2. The van der Waals surface area contributed by atoms with Gasteiger partial charge in [0.15, 0.2) is 0 Å². The Morgan fingerprint density at radius 1 is 0.962 bits per heavy atom. The normalized spacial score (nSPS) is 19.6. The monoisotopic (exact) mass is 354 g/mol. The van der Waals surface area contributed by atoms with E-state index in [2.05, 4.69) is 11.0 Å². The van der Waals surface area contributed by atoms with Crippen LogP contribution in [0, 0.1) is 12.8 Å². The van der Waals surface area contributed by atoms with Crippen LogP contribution in [0.2, 0.25) is 0 Å². The Labute approximate surface area is 156 Å². The lowest BCUT2D eigenvalue weighted by molar-refractivity contribution is -0.139. The SMILES string of the molecule is Cc1cccc(/C=C/C(=O)N2CCC(C(=O)N3CCCCCC3)CC2)c1. The molecule has 0 N–H and O–H groups in total. The van der Waals surface area contributed by atoms with Gasteiger partial charge >= 0.3 is 0 Å². The van der Waals surface area contributed by atoms with Crippen LogP contribution in [0.1, 0.15) is 49.7 Å². The van der Waals surface area contributed by atoms with Gasteiger partial charge in [-0.3, -0.25) is 9.59 Å². The van der Waals surface area contributed by atoms with E-state index in [1.807, 2.05) is 36.1 Å². The summed E-state index contributed by atoms with van der Waals surface area (Å²) in [5.74, 6) is 0.458. The first kappa shape index (κ1) is 18.7. The van der Waals surface area contributed by atoms with Gasteiger partial charge in [-0.2, -0.15) is 0 Å². The van der Waals surface area contributed by atoms with E-state index in [1.165, 1.54) is 18.4 Å². The number of nitrogens with zero attached hydrogens (tertiary/aromatic N) is 2. The van der Waals surface area contributed by atoms with Gasteiger partial charge < -0.3 is 9.80 Å². The Bertz CT molecular complexity index is 652. The highest BCUT2D eigenvalue weighted by molar-refractivity contribution is 5.92. The van der Waals surface area contributed by atoms with E-state index < -0.39 is 0 Å². The summed E-state index contributed by atoms with van der Waals surface area (Å²) < 4.78 is 0. The second-order valence-electron chi connectivity index (χ2n) is 7.59. The van der Waals surface area contributed by atoms with Crippen molar-refractivity contribution in [2.24, 2.45) is 5.92 Å². The molecule has 0 unspecified atom stereocenters. The fraction of sp³-hybridized carbons (Fsp3) is 0.545. The molecule has 2 saturated heterocycles. The minimum atomic E-state index is 0.0483. The standard InChI is InChI=1S/C22H30N2O2/c1-18-7-6-8-19(17-18)9-10-21(25)23-15-11-20(12-16-23)22(26)24-13-4-2-3-5-14-24/h6-10,17,20H,2-5,11-16H2,1H3/b10-9+. The van der Waals surface area contributed by atoms with E-state index >= 15 is 0 Å². The highest BCUT2D eigenvalue weighted by Crippen LogP contribution is 2.22. The zero-order valence-corrected chi connectivity index (χ0v) is 15.8. The molecule has 0 bridgehead atoms. The minimum absolute atomic E-state index is 0.0483. The average Bonchev–Trinajstić information content (AvgIpc) is 2.95. The molecule has 0 aliphatic carbocycles. The molecule has 0 aromatic heterocycles. The third-order valence-corrected chi connectivity index (χ3v) is 5.53. The smallest absolute Gasteiger partial charge is 0.246 e. The van der Waals surface area contributed by atoms with Gasteiger partial charge in [0.2, 0.25) is 11.8 Å². The van der Waals surface area contributed by atoms with Crippen LogP contribution < -0.4 is 0 Å². The lowest BCUT2D eigenvalue weighted by atomic mass is 9.95. The zero-order valence-electron chi connectivity index (χ0n) is 15.8. The molecule has 1 aromatic carbocycles. The summed E-state index contributed by atoms with van der Waals surface area (Å²) in [6.45, 7) is 5.24. The topological polar surface area (TPSA) is 40.6 Å². The van der Waals surface area contributed by atoms with Gasteiger partial charge in [0, 0.05) is 38.2 Å². The Morgan fingerprint density at radius 3 is 2.31 bits per heavy atom. The number of benzene rings is 1. The summed E-state index contributed by atoms with van der Waals surface area (Å²) in [7, 11) is 0. The van der Waals surface area contributed by atoms with Crippen LogP contribution in [0.4, 0.5) is 0 Å². The second kappa shape index (κ2) is 9.02. The van der Waals surface area contributed by atoms with Crippen molar-refractivity contribution in [3.05, 3.63) is 41.5 Å². The van der Waals surface area contributed by atoms with Gasteiger partial charge in [-0.15, -0.1) is 0 Å². The quantitative estimate of drug-likeness (QED) is 0.778. The predicted octanol–water partition coefficient (Wildman–Crippen LogP) is 3.65. The number of hydrogen-bond acceptors (Lipinski definition) is 2. The highest BCUT2D eigenvalue weighted by Gasteiger charge is 2.29. The van der Waals surface area contributed by atoms with Crippen LogP contribution in [0.5, 0.6) is 0 Å². The van der Waals surface area contributed by atoms with Gasteiger partial charge in [-0.25, -0.2) is 0 Å². The maximum absolute atomic E-state index is 12.7. The fourth-order valence-electron chi connectivity index (χ4n) is 3.94. The average molecular weight is 354 g/mol. The van der Waals surface area contributed by atoms with Crippen molar-refractivity contribution < 1.29 is 9.59 Å². The van der Waals surface area contributed by atoms with Crippen molar-refractivity contribution in [2.45, 2.75) is 45.4 Å². The molecule has 2 amide bonds. The van der Waals surface area contributed by atoms with Gasteiger partial charge in [-0.05, 0) is 44.2 Å². The lowest BCUT2D eigenvalue weighted by Gasteiger charge is -2.33. The molecule has 0 spiro atoms. The number of likely N-dealkylation sites (tertiary alicyclic amines) is 2. The number of carbonyl (C=O) groups excluding carboxylic acids is 2. The second-order valence-corrected chi connectivity index (χ2v) is 7.59. The molecule has 140 valence electrons. The molecule has 4 heteroatoms. The Kier molecular flexibility index (Phi) is 6.48. The maximum atomic E-state index is 12.7. The van der Waals surface area contributed by atoms with Crippen molar-refractivity contribution in [3.8, 4) is 0 Å². The highest BCUT2D eigenvalue weighted by atomic mass is 16.2. The summed E-state index contributed by atoms with van der Waals surface area (Å²) >= 11 is 0. The molecule has 26 heavy (non-hydrogen) atoms. The van der Waals surface area contributed by atoms with Gasteiger partial charge in [0.1, 0.15) is 0 Å². The Balaban J connectivity index is 1.49. The van der Waals surface area contributed by atoms with Gasteiger partial charge in [-0.1, -0.05) is 42.7 Å². The third kappa shape index (κ3) is 4.96. The van der Waals surface area contributed by atoms with Crippen LogP contribution in [0.15, 0.2) is 30.3 Å². The lowest BCUT2D eigenvalue weighted by Crippen LogP contribution is -2.44. The molecule has 2 aliphatic heterocycles. The van der Waals surface area contributed by atoms with Crippen molar-refractivity contribution in [1.29, 1.82) is 0 Å². The molecule has 3 rings (SSSR count). The van der Waals surface area contributed by atoms with Crippen LogP contribution in [-0.2, 0) is 9.59 Å². The molecule has 4 nitrogen and oxygen atoms in total. The number of rotatable bonds is 3. The molecule has 1 aromatic rings. The first-order chi connectivity index (χ1) is 12.6. The van der Waals surface area contributed by atoms with Crippen LogP contribution in [0.3, 0.4) is 0 Å². The van der Waals surface area contributed by atoms with E-state index in [-0.39, 0.29) is 11.8 Å². The molecular weight excluding hydrogens is 324 g/mol. The van der Waals surface area contributed by atoms with Crippen LogP contribution >= 0.6 is 0 Å². The summed E-state index contributed by atoms with van der Waals surface area (Å²) in [5, 5.41) is 0. The van der Waals surface area contributed by atoms with Crippen molar-refractivity contribution in [3.63, 3.8) is 0 Å². The molecular formula is C22H30N2O2. The van der Waals surface area contributed by atoms with Gasteiger partial charge in [0.25, 0.3) is 0 Å². The first-order valence-corrected chi connectivity index (χ1v) is 9.96. The van der Waals surface area contributed by atoms with E-state index in [9.17, 15) is 9.59 Å². The van der Waals surface area contributed by atoms with Crippen LogP contribution in [0.25, 0.3) is 6.08 Å². The summed E-state index contributed by atoms with van der Waals surface area (Å²) in [4.78, 5) is 29.1. The van der Waals surface area contributed by atoms with Crippen LogP contribution in [-0.4, -0.2) is 47.8 Å². The zero-order chi connectivity index (χ0) is 18.4. The third-order valence-electron chi connectivity index (χ3n) is 5.53. The molecule has 0 atom stereocenters.